The molecule has 2 aliphatic carbocycles. The van der Waals surface area contributed by atoms with Crippen LogP contribution in [0.2, 0.25) is 0 Å². The Morgan fingerprint density at radius 2 is 0.311 bits per heavy atom. The first kappa shape index (κ1) is 60.7. The second-order valence-corrected chi connectivity index (χ2v) is 27.0. The van der Waals surface area contributed by atoms with Crippen molar-refractivity contribution in [2.45, 2.75) is 5.41 Å². The van der Waals surface area contributed by atoms with Gasteiger partial charge in [-0.3, -0.25) is 0 Å². The quantitative estimate of drug-likeness (QED) is 0.115. The number of nitrogens with zero attached hydrogens (tertiary/aromatic N) is 3. The monoisotopic (exact) mass is 1310 g/mol. The zero-order valence-corrected chi connectivity index (χ0v) is 56.4. The zero-order valence-electron chi connectivity index (χ0n) is 56.4. The highest BCUT2D eigenvalue weighted by Gasteiger charge is 2.51. The van der Waals surface area contributed by atoms with Gasteiger partial charge in [0.15, 0.2) is 17.5 Å². The van der Waals surface area contributed by atoms with E-state index in [0.29, 0.717) is 17.5 Å². The van der Waals surface area contributed by atoms with Crippen molar-refractivity contribution in [1.29, 1.82) is 0 Å². The minimum Gasteiger partial charge on any atom is -0.208 e. The van der Waals surface area contributed by atoms with E-state index >= 15 is 0 Å². The molecule has 2 aliphatic rings. The van der Waals surface area contributed by atoms with Crippen LogP contribution in [-0.2, 0) is 5.41 Å². The molecule has 0 amide bonds. The molecule has 480 valence electrons. The van der Waals surface area contributed by atoms with Gasteiger partial charge >= 0.3 is 0 Å². The van der Waals surface area contributed by atoms with E-state index < -0.39 is 5.41 Å². The van der Waals surface area contributed by atoms with Crippen molar-refractivity contribution in [3.63, 3.8) is 0 Å². The predicted molar refractivity (Wildman–Crippen MR) is 427 cm³/mol. The maximum Gasteiger partial charge on any atom is 0.164 e. The smallest absolute Gasteiger partial charge is 0.164 e. The summed E-state index contributed by atoms with van der Waals surface area (Å²) in [5.41, 5.74) is 36.1. The first-order valence-corrected chi connectivity index (χ1v) is 35.3. The summed E-state index contributed by atoms with van der Waals surface area (Å²) in [6, 6.07) is 143. The van der Waals surface area contributed by atoms with E-state index in [1.807, 2.05) is 0 Å². The summed E-state index contributed by atoms with van der Waals surface area (Å²) < 4.78 is 0. The third kappa shape index (κ3) is 11.1. The van der Waals surface area contributed by atoms with Crippen LogP contribution in [0.3, 0.4) is 0 Å². The van der Waals surface area contributed by atoms with E-state index in [0.717, 1.165) is 77.9 Å². The Labute approximate surface area is 600 Å². The van der Waals surface area contributed by atoms with Crippen LogP contribution < -0.4 is 0 Å². The number of hydrogen-bond acceptors (Lipinski definition) is 3. The molecule has 0 fully saturated rings. The van der Waals surface area contributed by atoms with Crippen LogP contribution in [0.25, 0.3) is 168 Å². The van der Waals surface area contributed by atoms with Crippen molar-refractivity contribution in [3.8, 4) is 168 Å². The van der Waals surface area contributed by atoms with Gasteiger partial charge in [-0.15, -0.1) is 0 Å². The third-order valence-electron chi connectivity index (χ3n) is 21.0. The molecule has 0 N–H and O–H groups in total. The van der Waals surface area contributed by atoms with Gasteiger partial charge in [-0.05, 0) is 204 Å². The van der Waals surface area contributed by atoms with Crippen molar-refractivity contribution < 1.29 is 0 Å². The lowest BCUT2D eigenvalue weighted by molar-refractivity contribution is 0.794. The maximum atomic E-state index is 5.28. The molecule has 0 saturated carbocycles. The minimum atomic E-state index is -0.403. The average Bonchev–Trinajstić information content (AvgIpc) is 1.51. The number of benzene rings is 16. The summed E-state index contributed by atoms with van der Waals surface area (Å²) in [5, 5.41) is 0. The molecule has 1 heterocycles. The molecular formula is C100H65N3. The number of aromatic nitrogens is 3. The third-order valence-corrected chi connectivity index (χ3v) is 21.0. The van der Waals surface area contributed by atoms with Gasteiger partial charge in [0.2, 0.25) is 0 Å². The summed E-state index contributed by atoms with van der Waals surface area (Å²) >= 11 is 0. The van der Waals surface area contributed by atoms with Crippen LogP contribution >= 0.6 is 0 Å². The first-order valence-electron chi connectivity index (χ1n) is 35.3. The Balaban J connectivity index is 0.631. The van der Waals surface area contributed by atoms with Crippen molar-refractivity contribution in [1.82, 2.24) is 15.0 Å². The molecule has 0 bridgehead atoms. The normalized spacial score (nSPS) is 12.2. The lowest BCUT2D eigenvalue weighted by Gasteiger charge is -2.30. The molecular weight excluding hydrogens is 1240 g/mol. The lowest BCUT2D eigenvalue weighted by Crippen LogP contribution is -2.25. The molecule has 1 spiro atoms. The summed E-state index contributed by atoms with van der Waals surface area (Å²) in [4.78, 5) is 15.8. The standard InChI is InChI=1S/C100H65N3/c1-3-20-66(21-4-1)74-24-13-29-79(58-74)81-31-15-26-76(60-81)68-44-50-71(51-45-68)97-101-98(72-52-46-69(47-53-72)77-27-16-32-82(61-77)85-35-18-34-84(63-85)80-30-14-25-75(59-80)67-22-5-2-6-23-67)103-99(102-97)73-54-48-70(49-55-73)78-28-17-33-83(62-78)86-36-19-37-87(64-86)88-56-57-92-91-40-9-12-43-95(91)100(96(92)65-88)93-41-10-7-38-89(93)90-39-8-11-42-94(90)100/h1-65H. The zero-order chi connectivity index (χ0) is 68.2. The Hall–Kier alpha value is -13.5. The van der Waals surface area contributed by atoms with Gasteiger partial charge in [-0.25, -0.2) is 15.0 Å². The van der Waals surface area contributed by atoms with Crippen molar-refractivity contribution in [2.24, 2.45) is 0 Å². The first-order chi connectivity index (χ1) is 51.0. The van der Waals surface area contributed by atoms with E-state index in [1.165, 1.54) is 94.6 Å². The second kappa shape index (κ2) is 25.7. The Kier molecular flexibility index (Phi) is 15.1. The molecule has 19 rings (SSSR count). The number of fused-ring (bicyclic) bond motifs is 10. The Bertz CT molecular complexity index is 6030. The van der Waals surface area contributed by atoms with Crippen molar-refractivity contribution >= 4 is 0 Å². The molecule has 103 heavy (non-hydrogen) atoms. The van der Waals surface area contributed by atoms with Crippen LogP contribution in [0.5, 0.6) is 0 Å². The Morgan fingerprint density at radius 1 is 0.126 bits per heavy atom. The van der Waals surface area contributed by atoms with E-state index in [1.54, 1.807) is 0 Å². The molecule has 1 aromatic heterocycles. The van der Waals surface area contributed by atoms with Crippen LogP contribution in [0, 0.1) is 0 Å². The summed E-state index contributed by atoms with van der Waals surface area (Å²) in [5.74, 6) is 1.79. The molecule has 17 aromatic rings. The molecule has 0 saturated heterocycles. The van der Waals surface area contributed by atoms with Crippen LogP contribution in [0.4, 0.5) is 0 Å². The predicted octanol–water partition coefficient (Wildman–Crippen LogP) is 25.9. The fourth-order valence-electron chi connectivity index (χ4n) is 15.9. The van der Waals surface area contributed by atoms with E-state index in [9.17, 15) is 0 Å². The van der Waals surface area contributed by atoms with Gasteiger partial charge in [-0.1, -0.05) is 346 Å². The van der Waals surface area contributed by atoms with Gasteiger partial charge in [0, 0.05) is 16.7 Å². The molecule has 0 aliphatic heterocycles. The molecule has 16 aromatic carbocycles. The van der Waals surface area contributed by atoms with E-state index in [4.69, 9.17) is 15.0 Å². The number of rotatable bonds is 13. The van der Waals surface area contributed by atoms with Crippen LogP contribution in [0.15, 0.2) is 394 Å². The van der Waals surface area contributed by atoms with Gasteiger partial charge in [-0.2, -0.15) is 0 Å². The van der Waals surface area contributed by atoms with Crippen LogP contribution in [0.1, 0.15) is 22.3 Å². The largest absolute Gasteiger partial charge is 0.208 e. The molecule has 3 nitrogen and oxygen atoms in total. The highest BCUT2D eigenvalue weighted by molar-refractivity contribution is 5.96. The second-order valence-electron chi connectivity index (χ2n) is 27.0. The van der Waals surface area contributed by atoms with Gasteiger partial charge in [0.05, 0.1) is 5.41 Å². The summed E-state index contributed by atoms with van der Waals surface area (Å²) in [6.45, 7) is 0. The van der Waals surface area contributed by atoms with Gasteiger partial charge in [0.1, 0.15) is 0 Å². The fourth-order valence-corrected chi connectivity index (χ4v) is 15.9. The van der Waals surface area contributed by atoms with E-state index in [-0.39, 0.29) is 0 Å². The fraction of sp³-hybridized carbons (Fsp3) is 0.0100. The molecule has 0 unspecified atom stereocenters. The van der Waals surface area contributed by atoms with E-state index in [2.05, 4.69) is 394 Å². The summed E-state index contributed by atoms with van der Waals surface area (Å²) in [6.07, 6.45) is 0. The molecule has 0 atom stereocenters. The maximum absolute atomic E-state index is 5.28. The highest BCUT2D eigenvalue weighted by Crippen LogP contribution is 2.63. The van der Waals surface area contributed by atoms with Crippen molar-refractivity contribution in [2.75, 3.05) is 0 Å². The SMILES string of the molecule is c1ccc(-c2cccc(-c3cccc(-c4ccc(-c5nc(-c6ccc(-c7cccc(-c8cccc(-c9cccc(-c%10ccccc%10)c9)c8)c7)cc6)nc(-c6ccc(-c7cccc(-c8cccc(-c9ccc%10c(c9)C9(c%11ccccc%11-c%11ccccc%119)c9ccccc9-%10)c8)c7)cc6)n5)cc4)c3)c2)cc1. The topological polar surface area (TPSA) is 38.7 Å². The summed E-state index contributed by atoms with van der Waals surface area (Å²) in [7, 11) is 0. The Morgan fingerprint density at radius 3 is 0.583 bits per heavy atom. The minimum absolute atomic E-state index is 0.403. The van der Waals surface area contributed by atoms with Gasteiger partial charge < -0.3 is 0 Å². The molecule has 3 heteroatoms. The van der Waals surface area contributed by atoms with Gasteiger partial charge in [0.25, 0.3) is 0 Å². The lowest BCUT2D eigenvalue weighted by atomic mass is 9.70. The van der Waals surface area contributed by atoms with Crippen molar-refractivity contribution in [3.05, 3.63) is 417 Å². The highest BCUT2D eigenvalue weighted by atomic mass is 15.0. The van der Waals surface area contributed by atoms with Crippen LogP contribution in [-0.4, -0.2) is 15.0 Å². The molecule has 0 radical (unpaired) electrons. The average molecular weight is 1310 g/mol. The number of hydrogen-bond donors (Lipinski definition) is 0.